The van der Waals surface area contributed by atoms with Gasteiger partial charge in [0.05, 0.1) is 16.1 Å². The highest BCUT2D eigenvalue weighted by Gasteiger charge is 2.22. The molecule has 0 spiro atoms. The molecule has 0 unspecified atom stereocenters. The number of nitrogens with two attached hydrogens (primary N) is 1. The molecular formula is C15H22Cl2N2O2. The third-order valence-corrected chi connectivity index (χ3v) is 4.76. The van der Waals surface area contributed by atoms with Gasteiger partial charge in [-0.2, -0.15) is 0 Å². The highest BCUT2D eigenvalue weighted by Crippen LogP contribution is 2.33. The van der Waals surface area contributed by atoms with Crippen LogP contribution < -0.4 is 10.5 Å². The maximum atomic E-state index is 9.58. The van der Waals surface area contributed by atoms with Crippen molar-refractivity contribution in [3.05, 3.63) is 27.7 Å². The second-order valence-electron chi connectivity index (χ2n) is 5.49. The number of aliphatic hydroxyl groups is 1. The summed E-state index contributed by atoms with van der Waals surface area (Å²) in [6, 6.07) is 3.63. The summed E-state index contributed by atoms with van der Waals surface area (Å²) in [4.78, 5) is 2.22. The molecule has 21 heavy (non-hydrogen) atoms. The minimum atomic E-state index is -0.445. The van der Waals surface area contributed by atoms with Crippen LogP contribution >= 0.6 is 23.2 Å². The van der Waals surface area contributed by atoms with Crippen LogP contribution in [0.4, 0.5) is 0 Å². The lowest BCUT2D eigenvalue weighted by Crippen LogP contribution is -2.43. The molecule has 0 aromatic heterocycles. The van der Waals surface area contributed by atoms with Crippen LogP contribution in [0.3, 0.4) is 0 Å². The molecule has 0 amide bonds. The van der Waals surface area contributed by atoms with Gasteiger partial charge in [0.15, 0.2) is 0 Å². The van der Waals surface area contributed by atoms with E-state index in [1.807, 2.05) is 13.0 Å². The standard InChI is InChI=1S/C15H22Cl2N2O2/c1-10-14(3-2-13(16)15(10)17)21-12-4-6-19(7-5-12)9-11(20)8-18/h2-3,11-12,20H,4-9,18H2,1H3/t11-/m1/s1. The van der Waals surface area contributed by atoms with Crippen molar-refractivity contribution >= 4 is 23.2 Å². The lowest BCUT2D eigenvalue weighted by atomic mass is 10.1. The zero-order valence-corrected chi connectivity index (χ0v) is 13.7. The Balaban J connectivity index is 1.88. The molecule has 1 aromatic rings. The predicted octanol–water partition coefficient (Wildman–Crippen LogP) is 2.46. The number of β-amino-alcohol motifs (C(OH)–C–C–N with tert-alkyl or cyclic N) is 1. The third-order valence-electron chi connectivity index (χ3n) is 3.86. The number of hydrogen-bond acceptors (Lipinski definition) is 4. The van der Waals surface area contributed by atoms with Gasteiger partial charge in [-0.25, -0.2) is 0 Å². The molecule has 1 heterocycles. The number of ether oxygens (including phenoxy) is 1. The maximum absolute atomic E-state index is 9.58. The largest absolute Gasteiger partial charge is 0.490 e. The minimum Gasteiger partial charge on any atom is -0.490 e. The van der Waals surface area contributed by atoms with Crippen LogP contribution in [0.25, 0.3) is 0 Å². The second-order valence-corrected chi connectivity index (χ2v) is 6.28. The Labute approximate surface area is 135 Å². The fraction of sp³-hybridized carbons (Fsp3) is 0.600. The molecule has 1 fully saturated rings. The number of likely N-dealkylation sites (tertiary alicyclic amines) is 1. The van der Waals surface area contributed by atoms with Crippen molar-refractivity contribution in [3.8, 4) is 5.75 Å². The van der Waals surface area contributed by atoms with Crippen LogP contribution in [0.15, 0.2) is 12.1 Å². The average molecular weight is 333 g/mol. The van der Waals surface area contributed by atoms with Gasteiger partial charge < -0.3 is 20.5 Å². The predicted molar refractivity (Wildman–Crippen MR) is 86.4 cm³/mol. The zero-order chi connectivity index (χ0) is 15.4. The molecule has 0 saturated carbocycles. The molecule has 0 radical (unpaired) electrons. The van der Waals surface area contributed by atoms with Crippen molar-refractivity contribution in [3.63, 3.8) is 0 Å². The van der Waals surface area contributed by atoms with E-state index in [0.29, 0.717) is 23.1 Å². The fourth-order valence-electron chi connectivity index (χ4n) is 2.52. The lowest BCUT2D eigenvalue weighted by molar-refractivity contribution is 0.0639. The van der Waals surface area contributed by atoms with Gasteiger partial charge in [-0.05, 0) is 31.9 Å². The zero-order valence-electron chi connectivity index (χ0n) is 12.2. The first-order chi connectivity index (χ1) is 10.0. The number of rotatable bonds is 5. The van der Waals surface area contributed by atoms with Gasteiger partial charge in [0.2, 0.25) is 0 Å². The van der Waals surface area contributed by atoms with Gasteiger partial charge in [0.25, 0.3) is 0 Å². The Bertz CT molecular complexity index is 477. The summed E-state index contributed by atoms with van der Waals surface area (Å²) >= 11 is 12.1. The van der Waals surface area contributed by atoms with Crippen molar-refractivity contribution in [2.45, 2.75) is 32.0 Å². The molecule has 0 bridgehead atoms. The highest BCUT2D eigenvalue weighted by atomic mass is 35.5. The fourth-order valence-corrected chi connectivity index (χ4v) is 2.88. The molecule has 6 heteroatoms. The number of nitrogens with zero attached hydrogens (tertiary/aromatic N) is 1. The van der Waals surface area contributed by atoms with E-state index in [-0.39, 0.29) is 6.10 Å². The molecule has 0 aliphatic carbocycles. The molecule has 1 aliphatic heterocycles. The first-order valence-electron chi connectivity index (χ1n) is 7.23. The van der Waals surface area contributed by atoms with Crippen molar-refractivity contribution < 1.29 is 9.84 Å². The second kappa shape index (κ2) is 7.65. The number of aliphatic hydroxyl groups excluding tert-OH is 1. The van der Waals surface area contributed by atoms with E-state index >= 15 is 0 Å². The first kappa shape index (κ1) is 16.8. The summed E-state index contributed by atoms with van der Waals surface area (Å²) in [7, 11) is 0. The summed E-state index contributed by atoms with van der Waals surface area (Å²) < 4.78 is 6.04. The Kier molecular flexibility index (Phi) is 6.14. The van der Waals surface area contributed by atoms with Crippen molar-refractivity contribution in [1.29, 1.82) is 0 Å². The van der Waals surface area contributed by atoms with E-state index in [4.69, 9.17) is 33.7 Å². The van der Waals surface area contributed by atoms with E-state index < -0.39 is 6.10 Å². The van der Waals surface area contributed by atoms with Gasteiger partial charge >= 0.3 is 0 Å². The molecular weight excluding hydrogens is 311 g/mol. The Hall–Kier alpha value is -0.520. The Morgan fingerprint density at radius 1 is 1.38 bits per heavy atom. The van der Waals surface area contributed by atoms with Gasteiger partial charge in [-0.15, -0.1) is 0 Å². The van der Waals surface area contributed by atoms with E-state index in [9.17, 15) is 5.11 Å². The highest BCUT2D eigenvalue weighted by molar-refractivity contribution is 6.42. The lowest BCUT2D eigenvalue weighted by Gasteiger charge is -2.33. The number of halogens is 2. The SMILES string of the molecule is Cc1c(OC2CCN(C[C@H](O)CN)CC2)ccc(Cl)c1Cl. The third kappa shape index (κ3) is 4.47. The molecule has 1 aliphatic rings. The minimum absolute atomic E-state index is 0.173. The van der Waals surface area contributed by atoms with Crippen LogP contribution in [0.5, 0.6) is 5.75 Å². The normalized spacial score (nSPS) is 18.7. The average Bonchev–Trinajstić information content (AvgIpc) is 2.49. The molecule has 2 rings (SSSR count). The summed E-state index contributed by atoms with van der Waals surface area (Å²) in [6.45, 7) is 4.66. The molecule has 4 nitrogen and oxygen atoms in total. The molecule has 1 aromatic carbocycles. The maximum Gasteiger partial charge on any atom is 0.124 e. The molecule has 3 N–H and O–H groups in total. The monoisotopic (exact) mass is 332 g/mol. The van der Waals surface area contributed by atoms with Crippen LogP contribution in [-0.4, -0.2) is 48.4 Å². The summed E-state index contributed by atoms with van der Waals surface area (Å²) in [5, 5.41) is 10.7. The van der Waals surface area contributed by atoms with Gasteiger partial charge in [-0.3, -0.25) is 0 Å². The molecule has 118 valence electrons. The van der Waals surface area contributed by atoms with E-state index in [0.717, 1.165) is 37.2 Å². The summed E-state index contributed by atoms with van der Waals surface area (Å²) in [5.41, 5.74) is 6.32. The van der Waals surface area contributed by atoms with Gasteiger partial charge in [0.1, 0.15) is 11.9 Å². The van der Waals surface area contributed by atoms with Crippen molar-refractivity contribution in [1.82, 2.24) is 4.90 Å². The van der Waals surface area contributed by atoms with E-state index in [2.05, 4.69) is 4.90 Å². The van der Waals surface area contributed by atoms with Crippen molar-refractivity contribution in [2.75, 3.05) is 26.2 Å². The molecule has 1 atom stereocenters. The first-order valence-corrected chi connectivity index (χ1v) is 7.98. The number of benzene rings is 1. The van der Waals surface area contributed by atoms with E-state index in [1.165, 1.54) is 0 Å². The van der Waals surface area contributed by atoms with Crippen LogP contribution in [-0.2, 0) is 0 Å². The van der Waals surface area contributed by atoms with Gasteiger partial charge in [0, 0.05) is 31.7 Å². The van der Waals surface area contributed by atoms with Crippen molar-refractivity contribution in [2.24, 2.45) is 5.73 Å². The van der Waals surface area contributed by atoms with Crippen LogP contribution in [0.2, 0.25) is 10.0 Å². The Morgan fingerprint density at radius 2 is 2.05 bits per heavy atom. The molecule has 1 saturated heterocycles. The summed E-state index contributed by atoms with van der Waals surface area (Å²) in [5.74, 6) is 0.796. The van der Waals surface area contributed by atoms with E-state index in [1.54, 1.807) is 6.07 Å². The smallest absolute Gasteiger partial charge is 0.124 e. The quantitative estimate of drug-likeness (QED) is 0.869. The summed E-state index contributed by atoms with van der Waals surface area (Å²) in [6.07, 6.45) is 1.58. The van der Waals surface area contributed by atoms with Gasteiger partial charge in [-0.1, -0.05) is 23.2 Å². The number of piperidine rings is 1. The Morgan fingerprint density at radius 3 is 2.67 bits per heavy atom. The topological polar surface area (TPSA) is 58.7 Å². The number of hydrogen-bond donors (Lipinski definition) is 2. The van der Waals surface area contributed by atoms with Crippen LogP contribution in [0.1, 0.15) is 18.4 Å². The van der Waals surface area contributed by atoms with Crippen LogP contribution in [0, 0.1) is 6.92 Å².